The van der Waals surface area contributed by atoms with E-state index in [1.807, 2.05) is 6.92 Å². The van der Waals surface area contributed by atoms with Crippen molar-refractivity contribution < 1.29 is 19.5 Å². The van der Waals surface area contributed by atoms with Crippen LogP contribution in [0.25, 0.3) is 0 Å². The minimum absolute atomic E-state index is 0.0433. The average molecular weight is 310 g/mol. The maximum absolute atomic E-state index is 12.4. The number of amides is 2. The number of hydrogen-bond acceptors (Lipinski definition) is 3. The summed E-state index contributed by atoms with van der Waals surface area (Å²) < 4.78 is 0. The Hall–Kier alpha value is -1.59. The summed E-state index contributed by atoms with van der Waals surface area (Å²) in [6, 6.07) is 0. The molecule has 2 amide bonds. The van der Waals surface area contributed by atoms with Crippen molar-refractivity contribution in [3.05, 3.63) is 0 Å². The van der Waals surface area contributed by atoms with Crippen LogP contribution in [0.3, 0.4) is 0 Å². The molecule has 2 fully saturated rings. The predicted octanol–water partition coefficient (Wildman–Crippen LogP) is 1.35. The van der Waals surface area contributed by atoms with Gasteiger partial charge >= 0.3 is 5.97 Å². The van der Waals surface area contributed by atoms with E-state index >= 15 is 0 Å². The van der Waals surface area contributed by atoms with Gasteiger partial charge in [0.05, 0.1) is 12.5 Å². The normalized spacial score (nSPS) is 27.2. The second-order valence-corrected chi connectivity index (χ2v) is 6.53. The molecule has 0 radical (unpaired) electrons. The fourth-order valence-corrected chi connectivity index (χ4v) is 3.38. The van der Waals surface area contributed by atoms with Gasteiger partial charge in [-0.05, 0) is 25.2 Å². The molecule has 0 aliphatic carbocycles. The molecule has 0 spiro atoms. The molecule has 2 saturated heterocycles. The lowest BCUT2D eigenvalue weighted by Gasteiger charge is -2.36. The lowest BCUT2D eigenvalue weighted by atomic mass is 9.87. The Bertz CT molecular complexity index is 438. The molecule has 0 aromatic rings. The lowest BCUT2D eigenvalue weighted by molar-refractivity contribution is -0.149. The van der Waals surface area contributed by atoms with E-state index in [0.717, 1.165) is 25.7 Å². The highest BCUT2D eigenvalue weighted by Gasteiger charge is 2.33. The number of piperidine rings is 1. The molecule has 124 valence electrons. The molecule has 2 heterocycles. The number of carbonyl (C=O) groups excluding carboxylic acids is 2. The van der Waals surface area contributed by atoms with Crippen LogP contribution < -0.4 is 0 Å². The Balaban J connectivity index is 1.89. The van der Waals surface area contributed by atoms with Crippen LogP contribution in [0.4, 0.5) is 0 Å². The summed E-state index contributed by atoms with van der Waals surface area (Å²) in [7, 11) is 0. The standard InChI is InChI=1S/C16H26N2O4/c1-12-10-18(9-7-13(12)16(21)22)15(20)11-17-8-5-3-2-4-6-14(17)19/h12-13H,2-11H2,1H3,(H,21,22). The smallest absolute Gasteiger partial charge is 0.306 e. The lowest BCUT2D eigenvalue weighted by Crippen LogP contribution is -2.49. The molecule has 2 aliphatic heterocycles. The average Bonchev–Trinajstić information content (AvgIpc) is 2.46. The van der Waals surface area contributed by atoms with E-state index in [4.69, 9.17) is 5.11 Å². The summed E-state index contributed by atoms with van der Waals surface area (Å²) in [5.74, 6) is -1.17. The molecule has 6 nitrogen and oxygen atoms in total. The van der Waals surface area contributed by atoms with Gasteiger partial charge in [0.2, 0.25) is 11.8 Å². The van der Waals surface area contributed by atoms with Crippen molar-refractivity contribution in [1.29, 1.82) is 0 Å². The van der Waals surface area contributed by atoms with Crippen LogP contribution in [0.2, 0.25) is 0 Å². The Labute approximate surface area is 131 Å². The van der Waals surface area contributed by atoms with Gasteiger partial charge in [0, 0.05) is 26.1 Å². The van der Waals surface area contributed by atoms with Crippen LogP contribution in [-0.2, 0) is 14.4 Å². The zero-order valence-electron chi connectivity index (χ0n) is 13.3. The second kappa shape index (κ2) is 7.61. The zero-order valence-corrected chi connectivity index (χ0v) is 13.3. The van der Waals surface area contributed by atoms with Crippen molar-refractivity contribution in [2.75, 3.05) is 26.2 Å². The summed E-state index contributed by atoms with van der Waals surface area (Å²) in [5.41, 5.74) is 0. The minimum atomic E-state index is -0.779. The van der Waals surface area contributed by atoms with Crippen molar-refractivity contribution >= 4 is 17.8 Å². The van der Waals surface area contributed by atoms with Crippen LogP contribution in [0.1, 0.15) is 45.4 Å². The van der Waals surface area contributed by atoms with Crippen LogP contribution in [0, 0.1) is 11.8 Å². The molecule has 2 aliphatic rings. The van der Waals surface area contributed by atoms with Gasteiger partial charge in [-0.15, -0.1) is 0 Å². The fourth-order valence-electron chi connectivity index (χ4n) is 3.38. The van der Waals surface area contributed by atoms with Crippen LogP contribution in [-0.4, -0.2) is 58.9 Å². The molecule has 6 heteroatoms. The third-order valence-corrected chi connectivity index (χ3v) is 4.82. The fraction of sp³-hybridized carbons (Fsp3) is 0.812. The summed E-state index contributed by atoms with van der Waals surface area (Å²) in [4.78, 5) is 39.0. The second-order valence-electron chi connectivity index (χ2n) is 6.53. The van der Waals surface area contributed by atoms with Gasteiger partial charge in [-0.25, -0.2) is 0 Å². The van der Waals surface area contributed by atoms with Gasteiger partial charge in [-0.3, -0.25) is 14.4 Å². The molecule has 22 heavy (non-hydrogen) atoms. The van der Waals surface area contributed by atoms with Crippen LogP contribution >= 0.6 is 0 Å². The largest absolute Gasteiger partial charge is 0.481 e. The van der Waals surface area contributed by atoms with E-state index < -0.39 is 5.97 Å². The SMILES string of the molecule is CC1CN(C(=O)CN2CCCCCCC2=O)CCC1C(=O)O. The molecule has 0 aromatic heterocycles. The van der Waals surface area contributed by atoms with Gasteiger partial charge in [0.15, 0.2) is 0 Å². The van der Waals surface area contributed by atoms with E-state index in [1.165, 1.54) is 0 Å². The number of likely N-dealkylation sites (tertiary alicyclic amines) is 2. The molecular formula is C16H26N2O4. The number of aliphatic carboxylic acids is 1. The summed E-state index contributed by atoms with van der Waals surface area (Å²) in [6.07, 6.45) is 5.09. The number of rotatable bonds is 3. The molecule has 2 rings (SSSR count). The maximum atomic E-state index is 12.4. The van der Waals surface area contributed by atoms with Crippen molar-refractivity contribution in [2.24, 2.45) is 11.8 Å². The van der Waals surface area contributed by atoms with Gasteiger partial charge in [0.25, 0.3) is 0 Å². The number of carbonyl (C=O) groups is 3. The number of carboxylic acid groups (broad SMARTS) is 1. The molecular weight excluding hydrogens is 284 g/mol. The van der Waals surface area contributed by atoms with Crippen molar-refractivity contribution in [2.45, 2.75) is 45.4 Å². The molecule has 0 saturated carbocycles. The summed E-state index contributed by atoms with van der Waals surface area (Å²) >= 11 is 0. The predicted molar refractivity (Wildman–Crippen MR) is 81.2 cm³/mol. The third kappa shape index (κ3) is 4.21. The van der Waals surface area contributed by atoms with Crippen molar-refractivity contribution in [3.63, 3.8) is 0 Å². The summed E-state index contributed by atoms with van der Waals surface area (Å²) in [6.45, 7) is 3.62. The topological polar surface area (TPSA) is 77.9 Å². The number of hydrogen-bond donors (Lipinski definition) is 1. The van der Waals surface area contributed by atoms with Gasteiger partial charge in [0.1, 0.15) is 0 Å². The Kier molecular flexibility index (Phi) is 5.80. The number of nitrogens with zero attached hydrogens (tertiary/aromatic N) is 2. The zero-order chi connectivity index (χ0) is 16.1. The number of carboxylic acids is 1. The van der Waals surface area contributed by atoms with Gasteiger partial charge in [-0.1, -0.05) is 19.8 Å². The molecule has 2 atom stereocenters. The van der Waals surface area contributed by atoms with Gasteiger partial charge in [-0.2, -0.15) is 0 Å². The molecule has 2 unspecified atom stereocenters. The Morgan fingerprint density at radius 2 is 1.91 bits per heavy atom. The van der Waals surface area contributed by atoms with E-state index in [0.29, 0.717) is 32.5 Å². The van der Waals surface area contributed by atoms with Crippen molar-refractivity contribution in [3.8, 4) is 0 Å². The first-order valence-electron chi connectivity index (χ1n) is 8.27. The van der Waals surface area contributed by atoms with E-state index in [2.05, 4.69) is 0 Å². The first-order valence-corrected chi connectivity index (χ1v) is 8.27. The van der Waals surface area contributed by atoms with E-state index in [-0.39, 0.29) is 30.2 Å². The molecule has 1 N–H and O–H groups in total. The highest BCUT2D eigenvalue weighted by molar-refractivity contribution is 5.85. The quantitative estimate of drug-likeness (QED) is 0.853. The first kappa shape index (κ1) is 16.8. The third-order valence-electron chi connectivity index (χ3n) is 4.82. The summed E-state index contributed by atoms with van der Waals surface area (Å²) in [5, 5.41) is 9.13. The van der Waals surface area contributed by atoms with E-state index in [1.54, 1.807) is 9.80 Å². The van der Waals surface area contributed by atoms with Crippen LogP contribution in [0.5, 0.6) is 0 Å². The Morgan fingerprint density at radius 1 is 1.18 bits per heavy atom. The van der Waals surface area contributed by atoms with Crippen molar-refractivity contribution in [1.82, 2.24) is 9.80 Å². The maximum Gasteiger partial charge on any atom is 0.306 e. The highest BCUT2D eigenvalue weighted by Crippen LogP contribution is 2.23. The molecule has 0 bridgehead atoms. The van der Waals surface area contributed by atoms with E-state index in [9.17, 15) is 14.4 Å². The first-order chi connectivity index (χ1) is 10.5. The monoisotopic (exact) mass is 310 g/mol. The Morgan fingerprint density at radius 3 is 2.59 bits per heavy atom. The van der Waals surface area contributed by atoms with Gasteiger partial charge < -0.3 is 14.9 Å². The molecule has 0 aromatic carbocycles. The highest BCUT2D eigenvalue weighted by atomic mass is 16.4. The minimum Gasteiger partial charge on any atom is -0.481 e. The van der Waals surface area contributed by atoms with Crippen LogP contribution in [0.15, 0.2) is 0 Å².